The molecule has 0 aliphatic heterocycles. The highest BCUT2D eigenvalue weighted by molar-refractivity contribution is 7.19. The zero-order chi connectivity index (χ0) is 17.2. The molecule has 0 saturated carbocycles. The fourth-order valence-electron chi connectivity index (χ4n) is 3.31. The van der Waals surface area contributed by atoms with Gasteiger partial charge in [0, 0.05) is 35.9 Å². The van der Waals surface area contributed by atoms with Gasteiger partial charge in [-0.2, -0.15) is 0 Å². The van der Waals surface area contributed by atoms with Crippen LogP contribution in [0.2, 0.25) is 0 Å². The Balaban J connectivity index is 1.81. The van der Waals surface area contributed by atoms with Gasteiger partial charge in [0.2, 0.25) is 0 Å². The van der Waals surface area contributed by atoms with Gasteiger partial charge in [0.25, 0.3) is 0 Å². The molecule has 25 heavy (non-hydrogen) atoms. The van der Waals surface area contributed by atoms with E-state index in [1.807, 2.05) is 23.5 Å². The summed E-state index contributed by atoms with van der Waals surface area (Å²) in [6.07, 6.45) is 8.46. The van der Waals surface area contributed by atoms with Crippen LogP contribution in [-0.2, 0) is 12.8 Å². The van der Waals surface area contributed by atoms with E-state index in [0.717, 1.165) is 41.5 Å². The largest absolute Gasteiger partial charge is 0.368 e. The minimum Gasteiger partial charge on any atom is -0.368 e. The van der Waals surface area contributed by atoms with Crippen LogP contribution in [0.15, 0.2) is 24.5 Å². The van der Waals surface area contributed by atoms with Gasteiger partial charge in [-0.15, -0.1) is 11.3 Å². The topological polar surface area (TPSA) is 53.9 Å². The van der Waals surface area contributed by atoms with Gasteiger partial charge >= 0.3 is 0 Å². The first-order valence-corrected chi connectivity index (χ1v) is 9.65. The molecule has 0 aromatic carbocycles. The SMILES string of the molecule is CN(C)CCNc1nc(-c2ccncc2)nc2sc3c(c12)CCCC3. The molecule has 0 amide bonds. The number of hydrogen-bond acceptors (Lipinski definition) is 6. The average Bonchev–Trinajstić information content (AvgIpc) is 3.00. The molecular formula is C19H23N5S. The summed E-state index contributed by atoms with van der Waals surface area (Å²) in [4.78, 5) is 18.7. The molecule has 3 aromatic rings. The highest BCUT2D eigenvalue weighted by Gasteiger charge is 2.21. The molecule has 5 nitrogen and oxygen atoms in total. The Hall–Kier alpha value is -2.05. The maximum absolute atomic E-state index is 4.89. The lowest BCUT2D eigenvalue weighted by Gasteiger charge is -2.15. The lowest BCUT2D eigenvalue weighted by molar-refractivity contribution is 0.425. The van der Waals surface area contributed by atoms with Crippen LogP contribution >= 0.6 is 11.3 Å². The number of nitrogens with one attached hydrogen (secondary N) is 1. The Morgan fingerprint density at radius 1 is 1.12 bits per heavy atom. The van der Waals surface area contributed by atoms with Crippen LogP contribution in [0, 0.1) is 0 Å². The second-order valence-electron chi connectivity index (χ2n) is 6.75. The van der Waals surface area contributed by atoms with Crippen LogP contribution in [0.3, 0.4) is 0 Å². The smallest absolute Gasteiger partial charge is 0.163 e. The molecule has 4 rings (SSSR count). The fourth-order valence-corrected chi connectivity index (χ4v) is 4.57. The van der Waals surface area contributed by atoms with E-state index in [4.69, 9.17) is 9.97 Å². The van der Waals surface area contributed by atoms with Crippen LogP contribution in [-0.4, -0.2) is 47.0 Å². The Bertz CT molecular complexity index is 872. The molecule has 1 N–H and O–H groups in total. The van der Waals surface area contributed by atoms with E-state index < -0.39 is 0 Å². The van der Waals surface area contributed by atoms with Crippen molar-refractivity contribution in [2.45, 2.75) is 25.7 Å². The number of hydrogen-bond donors (Lipinski definition) is 1. The van der Waals surface area contributed by atoms with Gasteiger partial charge in [0.1, 0.15) is 10.6 Å². The lowest BCUT2D eigenvalue weighted by atomic mass is 9.97. The molecule has 1 aliphatic rings. The summed E-state index contributed by atoms with van der Waals surface area (Å²) in [5.41, 5.74) is 2.49. The van der Waals surface area contributed by atoms with Crippen molar-refractivity contribution in [1.29, 1.82) is 0 Å². The highest BCUT2D eigenvalue weighted by Crippen LogP contribution is 2.39. The fraction of sp³-hybridized carbons (Fsp3) is 0.421. The number of nitrogens with zero attached hydrogens (tertiary/aromatic N) is 4. The van der Waals surface area contributed by atoms with Crippen LogP contribution in [0.1, 0.15) is 23.3 Å². The zero-order valence-electron chi connectivity index (χ0n) is 14.7. The number of aromatic nitrogens is 3. The number of anilines is 1. The van der Waals surface area contributed by atoms with Crippen molar-refractivity contribution in [3.05, 3.63) is 35.0 Å². The van der Waals surface area contributed by atoms with Gasteiger partial charge in [0.15, 0.2) is 5.82 Å². The maximum atomic E-state index is 4.89. The van der Waals surface area contributed by atoms with Gasteiger partial charge in [0.05, 0.1) is 5.39 Å². The third kappa shape index (κ3) is 3.37. The molecule has 0 atom stereocenters. The van der Waals surface area contributed by atoms with Crippen molar-refractivity contribution in [3.8, 4) is 11.4 Å². The number of rotatable bonds is 5. The normalized spacial score (nSPS) is 14.0. The predicted molar refractivity (Wildman–Crippen MR) is 104 cm³/mol. The van der Waals surface area contributed by atoms with Gasteiger partial charge in [-0.05, 0) is 57.5 Å². The van der Waals surface area contributed by atoms with Crippen molar-refractivity contribution in [2.75, 3.05) is 32.5 Å². The molecular weight excluding hydrogens is 330 g/mol. The van der Waals surface area contributed by atoms with E-state index in [1.54, 1.807) is 12.4 Å². The summed E-state index contributed by atoms with van der Waals surface area (Å²) in [6.45, 7) is 1.85. The molecule has 0 radical (unpaired) electrons. The Kier molecular flexibility index (Phi) is 4.63. The molecule has 0 saturated heterocycles. The molecule has 3 heterocycles. The number of likely N-dealkylation sites (N-methyl/N-ethyl adjacent to an activating group) is 1. The first-order valence-electron chi connectivity index (χ1n) is 8.83. The van der Waals surface area contributed by atoms with Crippen molar-refractivity contribution in [1.82, 2.24) is 19.9 Å². The van der Waals surface area contributed by atoms with Gasteiger partial charge in [-0.1, -0.05) is 0 Å². The van der Waals surface area contributed by atoms with E-state index >= 15 is 0 Å². The minimum atomic E-state index is 0.779. The molecule has 6 heteroatoms. The maximum Gasteiger partial charge on any atom is 0.163 e. The summed E-state index contributed by atoms with van der Waals surface area (Å²) in [5, 5.41) is 4.81. The first kappa shape index (κ1) is 16.4. The van der Waals surface area contributed by atoms with Crippen molar-refractivity contribution >= 4 is 27.4 Å². The van der Waals surface area contributed by atoms with Crippen molar-refractivity contribution < 1.29 is 0 Å². The van der Waals surface area contributed by atoms with E-state index in [0.29, 0.717) is 0 Å². The Morgan fingerprint density at radius 2 is 1.92 bits per heavy atom. The summed E-state index contributed by atoms with van der Waals surface area (Å²) < 4.78 is 0. The summed E-state index contributed by atoms with van der Waals surface area (Å²) in [5.74, 6) is 1.76. The summed E-state index contributed by atoms with van der Waals surface area (Å²) in [6, 6.07) is 3.94. The second-order valence-corrected chi connectivity index (χ2v) is 7.84. The number of fused-ring (bicyclic) bond motifs is 3. The number of aryl methyl sites for hydroxylation is 2. The first-order chi connectivity index (χ1) is 12.2. The monoisotopic (exact) mass is 353 g/mol. The molecule has 0 fully saturated rings. The third-order valence-corrected chi connectivity index (χ3v) is 5.79. The highest BCUT2D eigenvalue weighted by atomic mass is 32.1. The molecule has 0 bridgehead atoms. The van der Waals surface area contributed by atoms with E-state index in [2.05, 4.69) is 29.3 Å². The Morgan fingerprint density at radius 3 is 2.72 bits per heavy atom. The van der Waals surface area contributed by atoms with Crippen LogP contribution < -0.4 is 5.32 Å². The molecule has 1 aliphatic carbocycles. The van der Waals surface area contributed by atoms with Crippen LogP contribution in [0.4, 0.5) is 5.82 Å². The van der Waals surface area contributed by atoms with Gasteiger partial charge < -0.3 is 10.2 Å². The van der Waals surface area contributed by atoms with E-state index in [9.17, 15) is 0 Å². The predicted octanol–water partition coefficient (Wildman–Crippen LogP) is 3.61. The van der Waals surface area contributed by atoms with Crippen LogP contribution in [0.5, 0.6) is 0 Å². The summed E-state index contributed by atoms with van der Waals surface area (Å²) in [7, 11) is 4.18. The molecule has 0 unspecified atom stereocenters. The van der Waals surface area contributed by atoms with Gasteiger partial charge in [-0.3, -0.25) is 4.98 Å². The zero-order valence-corrected chi connectivity index (χ0v) is 15.6. The number of pyridine rings is 1. The minimum absolute atomic E-state index is 0.779. The lowest BCUT2D eigenvalue weighted by Crippen LogP contribution is -2.21. The van der Waals surface area contributed by atoms with Crippen LogP contribution in [0.25, 0.3) is 21.6 Å². The quantitative estimate of drug-likeness (QED) is 0.759. The molecule has 0 spiro atoms. The van der Waals surface area contributed by atoms with E-state index in [1.165, 1.54) is 35.1 Å². The van der Waals surface area contributed by atoms with Gasteiger partial charge in [-0.25, -0.2) is 9.97 Å². The van der Waals surface area contributed by atoms with E-state index in [-0.39, 0.29) is 0 Å². The number of thiophene rings is 1. The third-order valence-electron chi connectivity index (χ3n) is 4.60. The Labute approximate surface area is 152 Å². The van der Waals surface area contributed by atoms with Crippen molar-refractivity contribution in [3.63, 3.8) is 0 Å². The molecule has 130 valence electrons. The van der Waals surface area contributed by atoms with Crippen molar-refractivity contribution in [2.24, 2.45) is 0 Å². The summed E-state index contributed by atoms with van der Waals surface area (Å²) >= 11 is 1.85. The standard InChI is InChI=1S/C19H23N5S/c1-24(2)12-11-21-18-16-14-5-3-4-6-15(14)25-19(16)23-17(22-18)13-7-9-20-10-8-13/h7-10H,3-6,11-12H2,1-2H3,(H,21,22,23). The second kappa shape index (κ2) is 7.06. The molecule has 3 aromatic heterocycles. The average molecular weight is 353 g/mol.